The minimum absolute atomic E-state index is 0.645. The summed E-state index contributed by atoms with van der Waals surface area (Å²) in [5, 5.41) is 5.70. The Morgan fingerprint density at radius 3 is 1.91 bits per heavy atom. The van der Waals surface area contributed by atoms with Gasteiger partial charge in [-0.3, -0.25) is 4.57 Å². The molecule has 4 heteroatoms. The summed E-state index contributed by atoms with van der Waals surface area (Å²) in [7, 11) is 0. The number of benzene rings is 5. The Morgan fingerprint density at radius 1 is 0.644 bits per heavy atom. The van der Waals surface area contributed by atoms with Gasteiger partial charge < -0.3 is 5.32 Å². The number of hydrogen-bond acceptors (Lipinski definition) is 3. The van der Waals surface area contributed by atoms with E-state index in [1.54, 1.807) is 6.08 Å². The van der Waals surface area contributed by atoms with Gasteiger partial charge in [0.1, 0.15) is 0 Å². The monoisotopic (exact) mass is 580 g/mol. The van der Waals surface area contributed by atoms with Crippen LogP contribution >= 0.6 is 0 Å². The minimum Gasteiger partial charge on any atom is -0.356 e. The van der Waals surface area contributed by atoms with Crippen LogP contribution in [-0.4, -0.2) is 14.5 Å². The SMILES string of the molecule is C=C/C=C\C(=C)Nc1ccc(-c2ccc3c(c2)c2ccccc2n3-c2nc(-c3ccccc3)cc(-c3ccccc3)n2)cc1C. The number of anilines is 1. The van der Waals surface area contributed by atoms with Crippen LogP contribution in [0, 0.1) is 6.92 Å². The van der Waals surface area contributed by atoms with Crippen LogP contribution in [0.5, 0.6) is 0 Å². The predicted octanol–water partition coefficient (Wildman–Crippen LogP) is 10.6. The molecule has 7 rings (SSSR count). The summed E-state index contributed by atoms with van der Waals surface area (Å²) < 4.78 is 2.19. The fourth-order valence-electron chi connectivity index (χ4n) is 5.80. The summed E-state index contributed by atoms with van der Waals surface area (Å²) in [4.78, 5) is 10.3. The zero-order chi connectivity index (χ0) is 30.8. The normalized spacial score (nSPS) is 11.3. The number of fused-ring (bicyclic) bond motifs is 3. The van der Waals surface area contributed by atoms with Crippen molar-refractivity contribution in [3.05, 3.63) is 170 Å². The second kappa shape index (κ2) is 11.9. The maximum atomic E-state index is 5.14. The van der Waals surface area contributed by atoms with Crippen LogP contribution in [0.25, 0.3) is 61.4 Å². The Labute approximate surface area is 263 Å². The van der Waals surface area contributed by atoms with Crippen LogP contribution in [0.4, 0.5) is 5.69 Å². The highest BCUT2D eigenvalue weighted by Gasteiger charge is 2.17. The molecule has 0 amide bonds. The van der Waals surface area contributed by atoms with E-state index in [2.05, 4.69) is 121 Å². The van der Waals surface area contributed by atoms with Crippen molar-refractivity contribution in [3.8, 4) is 39.6 Å². The molecule has 0 saturated carbocycles. The predicted molar refractivity (Wildman–Crippen MR) is 190 cm³/mol. The molecule has 0 unspecified atom stereocenters. The first kappa shape index (κ1) is 27.8. The van der Waals surface area contributed by atoms with E-state index in [0.717, 1.165) is 72.4 Å². The molecule has 1 N–H and O–H groups in total. The van der Waals surface area contributed by atoms with E-state index in [0.29, 0.717) is 5.95 Å². The van der Waals surface area contributed by atoms with Crippen LogP contribution < -0.4 is 5.32 Å². The molecule has 216 valence electrons. The smallest absolute Gasteiger partial charge is 0.235 e. The summed E-state index contributed by atoms with van der Waals surface area (Å²) in [6.45, 7) is 9.93. The van der Waals surface area contributed by atoms with Gasteiger partial charge in [-0.25, -0.2) is 9.97 Å². The van der Waals surface area contributed by atoms with Gasteiger partial charge in [0, 0.05) is 33.3 Å². The number of aromatic nitrogens is 3. The zero-order valence-electron chi connectivity index (χ0n) is 25.1. The van der Waals surface area contributed by atoms with Crippen LogP contribution in [0.2, 0.25) is 0 Å². The lowest BCUT2D eigenvalue weighted by Gasteiger charge is -2.13. The Balaban J connectivity index is 1.37. The standard InChI is InChI=1S/C41H32N4/c1-4-5-14-29(3)42-36-23-21-32(25-28(36)2)33-22-24-40-35(26-33)34-19-12-13-20-39(34)45(40)41-43-37(30-15-8-6-9-16-30)27-38(44-41)31-17-10-7-11-18-31/h4-27,42H,1,3H2,2H3/b14-5-. The topological polar surface area (TPSA) is 42.7 Å². The summed E-state index contributed by atoms with van der Waals surface area (Å²) in [6, 6.07) is 44.3. The molecular weight excluding hydrogens is 548 g/mol. The van der Waals surface area contributed by atoms with Gasteiger partial charge in [0.15, 0.2) is 0 Å². The Hall–Kier alpha value is -6.00. The van der Waals surface area contributed by atoms with Gasteiger partial charge in [0.25, 0.3) is 0 Å². The fourth-order valence-corrected chi connectivity index (χ4v) is 5.80. The molecular formula is C41H32N4. The summed E-state index contributed by atoms with van der Waals surface area (Å²) >= 11 is 0. The van der Waals surface area contributed by atoms with Gasteiger partial charge in [-0.1, -0.05) is 116 Å². The van der Waals surface area contributed by atoms with Crippen LogP contribution in [0.15, 0.2) is 164 Å². The van der Waals surface area contributed by atoms with Gasteiger partial charge in [-0.05, 0) is 66.1 Å². The van der Waals surface area contributed by atoms with Crippen molar-refractivity contribution in [1.82, 2.24) is 14.5 Å². The van der Waals surface area contributed by atoms with Crippen molar-refractivity contribution in [1.29, 1.82) is 0 Å². The first-order valence-corrected chi connectivity index (χ1v) is 15.0. The second-order valence-electron chi connectivity index (χ2n) is 11.0. The van der Waals surface area contributed by atoms with E-state index in [1.807, 2.05) is 48.6 Å². The number of rotatable bonds is 8. The summed E-state index contributed by atoms with van der Waals surface area (Å²) in [6.07, 6.45) is 5.52. The van der Waals surface area contributed by atoms with Crippen LogP contribution in [0.1, 0.15) is 5.56 Å². The molecule has 0 aliphatic heterocycles. The number of aryl methyl sites for hydroxylation is 1. The van der Waals surface area contributed by atoms with Crippen molar-refractivity contribution in [2.24, 2.45) is 0 Å². The lowest BCUT2D eigenvalue weighted by atomic mass is 10.00. The second-order valence-corrected chi connectivity index (χ2v) is 11.0. The van der Waals surface area contributed by atoms with Gasteiger partial charge in [-0.15, -0.1) is 0 Å². The van der Waals surface area contributed by atoms with Gasteiger partial charge in [-0.2, -0.15) is 0 Å². The summed E-state index contributed by atoms with van der Waals surface area (Å²) in [5.74, 6) is 0.645. The molecule has 0 spiro atoms. The van der Waals surface area contributed by atoms with Crippen LogP contribution in [0.3, 0.4) is 0 Å². The van der Waals surface area contributed by atoms with Gasteiger partial charge in [0.2, 0.25) is 5.95 Å². The molecule has 0 bridgehead atoms. The quantitative estimate of drug-likeness (QED) is 0.182. The molecule has 7 aromatic rings. The zero-order valence-corrected chi connectivity index (χ0v) is 25.1. The molecule has 2 heterocycles. The van der Waals surface area contributed by atoms with Gasteiger partial charge >= 0.3 is 0 Å². The van der Waals surface area contributed by atoms with Crippen molar-refractivity contribution >= 4 is 27.5 Å². The number of nitrogens with zero attached hydrogens (tertiary/aromatic N) is 3. The Morgan fingerprint density at radius 2 is 1.24 bits per heavy atom. The molecule has 0 saturated heterocycles. The molecule has 0 aliphatic carbocycles. The van der Waals surface area contributed by atoms with E-state index in [9.17, 15) is 0 Å². The molecule has 0 aliphatic rings. The largest absolute Gasteiger partial charge is 0.356 e. The van der Waals surface area contributed by atoms with Crippen LogP contribution in [-0.2, 0) is 0 Å². The van der Waals surface area contributed by atoms with E-state index >= 15 is 0 Å². The molecule has 0 radical (unpaired) electrons. The minimum atomic E-state index is 0.645. The summed E-state index contributed by atoms with van der Waals surface area (Å²) in [5.41, 5.74) is 11.3. The highest BCUT2D eigenvalue weighted by molar-refractivity contribution is 6.10. The maximum Gasteiger partial charge on any atom is 0.235 e. The molecule has 5 aromatic carbocycles. The third-order valence-corrected chi connectivity index (χ3v) is 8.01. The number of nitrogens with one attached hydrogen (secondary N) is 1. The maximum absolute atomic E-state index is 5.14. The highest BCUT2D eigenvalue weighted by atomic mass is 15.2. The van der Waals surface area contributed by atoms with Crippen molar-refractivity contribution in [2.75, 3.05) is 5.32 Å². The highest BCUT2D eigenvalue weighted by Crippen LogP contribution is 2.36. The third kappa shape index (κ3) is 5.46. The van der Waals surface area contributed by atoms with Gasteiger partial charge in [0.05, 0.1) is 22.4 Å². The molecule has 4 nitrogen and oxygen atoms in total. The number of allylic oxidation sites excluding steroid dienone is 3. The average molecular weight is 581 g/mol. The molecule has 2 aromatic heterocycles. The van der Waals surface area contributed by atoms with Crippen molar-refractivity contribution in [3.63, 3.8) is 0 Å². The van der Waals surface area contributed by atoms with Crippen molar-refractivity contribution in [2.45, 2.75) is 6.92 Å². The first-order chi connectivity index (χ1) is 22.1. The lowest BCUT2D eigenvalue weighted by molar-refractivity contribution is 0.995. The molecule has 45 heavy (non-hydrogen) atoms. The third-order valence-electron chi connectivity index (χ3n) is 8.01. The number of para-hydroxylation sites is 1. The lowest BCUT2D eigenvalue weighted by Crippen LogP contribution is -2.04. The van der Waals surface area contributed by atoms with E-state index in [4.69, 9.17) is 9.97 Å². The average Bonchev–Trinajstić information content (AvgIpc) is 3.42. The van der Waals surface area contributed by atoms with E-state index < -0.39 is 0 Å². The van der Waals surface area contributed by atoms with E-state index in [1.165, 1.54) is 0 Å². The molecule has 0 atom stereocenters. The Bertz CT molecular complexity index is 2170. The Kier molecular flexibility index (Phi) is 7.38. The molecule has 0 fully saturated rings. The first-order valence-electron chi connectivity index (χ1n) is 15.0. The van der Waals surface area contributed by atoms with E-state index in [-0.39, 0.29) is 0 Å². The fraction of sp³-hybridized carbons (Fsp3) is 0.0244. The van der Waals surface area contributed by atoms with Crippen molar-refractivity contribution < 1.29 is 0 Å². The number of hydrogen-bond donors (Lipinski definition) is 1.